The molecule has 1 aromatic carbocycles. The minimum absolute atomic E-state index is 0.232. The van der Waals surface area contributed by atoms with E-state index in [2.05, 4.69) is 77.8 Å². The molecule has 0 bridgehead atoms. The zero-order chi connectivity index (χ0) is 13.2. The summed E-state index contributed by atoms with van der Waals surface area (Å²) < 4.78 is 1.31. The lowest BCUT2D eigenvalue weighted by Crippen LogP contribution is -2.39. The van der Waals surface area contributed by atoms with E-state index in [0.29, 0.717) is 0 Å². The number of anilines is 1. The predicted molar refractivity (Wildman–Crippen MR) is 87.2 cm³/mol. The molecular formula is C15H23IN2. The highest BCUT2D eigenvalue weighted by Crippen LogP contribution is 2.24. The number of benzene rings is 1. The fourth-order valence-electron chi connectivity index (χ4n) is 2.34. The third-order valence-corrected chi connectivity index (χ3v) is 4.12. The van der Waals surface area contributed by atoms with Gasteiger partial charge in [0, 0.05) is 34.4 Å². The summed E-state index contributed by atoms with van der Waals surface area (Å²) in [5, 5.41) is 3.62. The average molecular weight is 358 g/mol. The molecule has 2 rings (SSSR count). The lowest BCUT2D eigenvalue weighted by Gasteiger charge is -2.24. The van der Waals surface area contributed by atoms with Gasteiger partial charge in [-0.05, 0) is 80.0 Å². The quantitative estimate of drug-likeness (QED) is 0.832. The number of nitrogens with one attached hydrogen (secondary N) is 1. The Morgan fingerprint density at radius 2 is 1.94 bits per heavy atom. The molecule has 1 aromatic rings. The first-order chi connectivity index (χ1) is 8.44. The Kier molecular flexibility index (Phi) is 4.54. The highest BCUT2D eigenvalue weighted by atomic mass is 127. The second-order valence-electron chi connectivity index (χ2n) is 6.21. The molecule has 1 aliphatic rings. The largest absolute Gasteiger partial charge is 0.371 e. The number of nitrogens with zero attached hydrogens (tertiary/aromatic N) is 1. The van der Waals surface area contributed by atoms with Gasteiger partial charge in [-0.3, -0.25) is 0 Å². The van der Waals surface area contributed by atoms with Crippen molar-refractivity contribution in [2.75, 3.05) is 24.5 Å². The molecule has 0 aromatic heterocycles. The molecule has 2 nitrogen and oxygen atoms in total. The molecular weight excluding hydrogens is 335 g/mol. The van der Waals surface area contributed by atoms with Gasteiger partial charge in [-0.25, -0.2) is 0 Å². The molecule has 1 aliphatic heterocycles. The molecule has 0 amide bonds. The summed E-state index contributed by atoms with van der Waals surface area (Å²) >= 11 is 2.36. The second kappa shape index (κ2) is 5.78. The van der Waals surface area contributed by atoms with Crippen LogP contribution in [0.1, 0.15) is 27.2 Å². The van der Waals surface area contributed by atoms with Crippen LogP contribution in [0, 0.1) is 9.49 Å². The molecule has 1 fully saturated rings. The Morgan fingerprint density at radius 1 is 1.28 bits per heavy atom. The van der Waals surface area contributed by atoms with Crippen molar-refractivity contribution in [2.45, 2.75) is 32.7 Å². The van der Waals surface area contributed by atoms with Crippen LogP contribution < -0.4 is 10.2 Å². The Bertz CT molecular complexity index is 380. The molecule has 1 heterocycles. The maximum Gasteiger partial charge on any atom is 0.0367 e. The van der Waals surface area contributed by atoms with Gasteiger partial charge in [0.15, 0.2) is 0 Å². The minimum Gasteiger partial charge on any atom is -0.371 e. The minimum atomic E-state index is 0.232. The topological polar surface area (TPSA) is 15.3 Å². The lowest BCUT2D eigenvalue weighted by atomic mass is 10.1. The van der Waals surface area contributed by atoms with Crippen molar-refractivity contribution in [1.82, 2.24) is 5.32 Å². The van der Waals surface area contributed by atoms with Gasteiger partial charge < -0.3 is 10.2 Å². The van der Waals surface area contributed by atoms with Crippen molar-refractivity contribution >= 4 is 28.3 Å². The van der Waals surface area contributed by atoms with Crippen LogP contribution in [-0.2, 0) is 0 Å². The number of hydrogen-bond donors (Lipinski definition) is 1. The summed E-state index contributed by atoms with van der Waals surface area (Å²) in [6.45, 7) is 10.2. The van der Waals surface area contributed by atoms with E-state index in [0.717, 1.165) is 12.5 Å². The van der Waals surface area contributed by atoms with Crippen molar-refractivity contribution in [2.24, 2.45) is 5.92 Å². The summed E-state index contributed by atoms with van der Waals surface area (Å²) in [7, 11) is 0. The van der Waals surface area contributed by atoms with Crippen molar-refractivity contribution in [3.05, 3.63) is 27.8 Å². The molecule has 0 radical (unpaired) electrons. The van der Waals surface area contributed by atoms with E-state index in [1.165, 1.54) is 28.8 Å². The van der Waals surface area contributed by atoms with Gasteiger partial charge in [0.05, 0.1) is 0 Å². The smallest absolute Gasteiger partial charge is 0.0367 e. The normalized spacial score (nSPS) is 20.4. The first-order valence-corrected chi connectivity index (χ1v) is 7.77. The Balaban J connectivity index is 1.86. The van der Waals surface area contributed by atoms with Gasteiger partial charge in [0.2, 0.25) is 0 Å². The average Bonchev–Trinajstić information content (AvgIpc) is 2.75. The van der Waals surface area contributed by atoms with Gasteiger partial charge >= 0.3 is 0 Å². The van der Waals surface area contributed by atoms with Crippen molar-refractivity contribution in [1.29, 1.82) is 0 Å². The third-order valence-electron chi connectivity index (χ3n) is 3.40. The van der Waals surface area contributed by atoms with E-state index in [-0.39, 0.29) is 5.54 Å². The summed E-state index contributed by atoms with van der Waals surface area (Å²) in [6, 6.07) is 8.86. The molecule has 0 spiro atoms. The monoisotopic (exact) mass is 358 g/mol. The molecule has 1 atom stereocenters. The predicted octanol–water partition coefficient (Wildman–Crippen LogP) is 3.51. The van der Waals surface area contributed by atoms with E-state index >= 15 is 0 Å². The van der Waals surface area contributed by atoms with Gasteiger partial charge in [0.25, 0.3) is 0 Å². The maximum atomic E-state index is 3.62. The van der Waals surface area contributed by atoms with E-state index in [9.17, 15) is 0 Å². The van der Waals surface area contributed by atoms with E-state index in [4.69, 9.17) is 0 Å². The van der Waals surface area contributed by atoms with Crippen LogP contribution in [0.25, 0.3) is 0 Å². The highest BCUT2D eigenvalue weighted by Gasteiger charge is 2.23. The zero-order valence-corrected chi connectivity index (χ0v) is 13.7. The summed E-state index contributed by atoms with van der Waals surface area (Å²) in [5.74, 6) is 0.781. The Morgan fingerprint density at radius 3 is 2.56 bits per heavy atom. The summed E-state index contributed by atoms with van der Waals surface area (Å²) in [4.78, 5) is 2.51. The third kappa shape index (κ3) is 4.12. The first-order valence-electron chi connectivity index (χ1n) is 6.69. The number of halogens is 1. The van der Waals surface area contributed by atoms with Crippen LogP contribution in [-0.4, -0.2) is 25.2 Å². The molecule has 18 heavy (non-hydrogen) atoms. The Hall–Kier alpha value is -0.290. The molecule has 1 N–H and O–H groups in total. The van der Waals surface area contributed by atoms with Crippen LogP contribution >= 0.6 is 22.6 Å². The molecule has 100 valence electrons. The van der Waals surface area contributed by atoms with E-state index in [1.54, 1.807) is 0 Å². The van der Waals surface area contributed by atoms with Gasteiger partial charge in [-0.2, -0.15) is 0 Å². The molecule has 0 aliphatic carbocycles. The van der Waals surface area contributed by atoms with Crippen LogP contribution in [0.5, 0.6) is 0 Å². The second-order valence-corrected chi connectivity index (χ2v) is 7.45. The number of rotatable bonds is 3. The number of hydrogen-bond acceptors (Lipinski definition) is 2. The van der Waals surface area contributed by atoms with Crippen LogP contribution in [0.3, 0.4) is 0 Å². The fraction of sp³-hybridized carbons (Fsp3) is 0.600. The zero-order valence-electron chi connectivity index (χ0n) is 11.5. The standard InChI is InChI=1S/C15H23IN2/c1-15(2,3)17-10-12-8-9-18(11-12)14-6-4-13(16)5-7-14/h4-7,12,17H,8-11H2,1-3H3. The Labute approximate surface area is 124 Å². The molecule has 0 saturated carbocycles. The van der Waals surface area contributed by atoms with Gasteiger partial charge in [-0.15, -0.1) is 0 Å². The van der Waals surface area contributed by atoms with Crippen LogP contribution in [0.15, 0.2) is 24.3 Å². The van der Waals surface area contributed by atoms with E-state index < -0.39 is 0 Å². The SMILES string of the molecule is CC(C)(C)NCC1CCN(c2ccc(I)cc2)C1. The van der Waals surface area contributed by atoms with Gasteiger partial charge in [0.1, 0.15) is 0 Å². The maximum absolute atomic E-state index is 3.62. The first kappa shape index (κ1) is 14.1. The fourth-order valence-corrected chi connectivity index (χ4v) is 2.70. The van der Waals surface area contributed by atoms with E-state index in [1.807, 2.05) is 0 Å². The molecule has 3 heteroatoms. The van der Waals surface area contributed by atoms with Gasteiger partial charge in [-0.1, -0.05) is 0 Å². The lowest BCUT2D eigenvalue weighted by molar-refractivity contribution is 0.383. The molecule has 1 saturated heterocycles. The van der Waals surface area contributed by atoms with Crippen molar-refractivity contribution in [3.8, 4) is 0 Å². The molecule has 1 unspecified atom stereocenters. The van der Waals surface area contributed by atoms with Crippen molar-refractivity contribution in [3.63, 3.8) is 0 Å². The highest BCUT2D eigenvalue weighted by molar-refractivity contribution is 14.1. The van der Waals surface area contributed by atoms with Crippen LogP contribution in [0.2, 0.25) is 0 Å². The van der Waals surface area contributed by atoms with Crippen molar-refractivity contribution < 1.29 is 0 Å². The summed E-state index contributed by atoms with van der Waals surface area (Å²) in [6.07, 6.45) is 1.30. The van der Waals surface area contributed by atoms with Crippen LogP contribution in [0.4, 0.5) is 5.69 Å². The summed E-state index contributed by atoms with van der Waals surface area (Å²) in [5.41, 5.74) is 1.60.